The molecule has 206 valence electrons. The summed E-state index contributed by atoms with van der Waals surface area (Å²) in [4.78, 5) is 26.1. The summed E-state index contributed by atoms with van der Waals surface area (Å²) in [6, 6.07) is 10.6. The lowest BCUT2D eigenvalue weighted by Crippen LogP contribution is -2.49. The van der Waals surface area contributed by atoms with Gasteiger partial charge in [-0.1, -0.05) is 17.7 Å². The van der Waals surface area contributed by atoms with Crippen molar-refractivity contribution in [2.45, 2.75) is 43.6 Å². The minimum absolute atomic E-state index is 0.0394. The summed E-state index contributed by atoms with van der Waals surface area (Å²) in [6.07, 6.45) is 5.30. The fourth-order valence-corrected chi connectivity index (χ4v) is 6.89. The first-order chi connectivity index (χ1) is 18.6. The SMILES string of the molecule is Cc1cc([N+](=O)[O-])ccc1S(=O)(=O)N1CCN(c2cnn(-c3cccc(Cl)c3)c(=O)c2OC2CCCC2)CC1. The summed E-state index contributed by atoms with van der Waals surface area (Å²) in [7, 11) is -3.87. The molecule has 0 N–H and O–H groups in total. The first-order valence-electron chi connectivity index (χ1n) is 12.7. The van der Waals surface area contributed by atoms with Gasteiger partial charge in [-0.3, -0.25) is 14.9 Å². The topological polar surface area (TPSA) is 128 Å². The Bertz CT molecular complexity index is 1560. The third kappa shape index (κ3) is 5.49. The van der Waals surface area contributed by atoms with Crippen molar-refractivity contribution in [2.75, 3.05) is 31.1 Å². The lowest BCUT2D eigenvalue weighted by Gasteiger charge is -2.36. The van der Waals surface area contributed by atoms with Crippen LogP contribution in [-0.4, -0.2) is 59.7 Å². The summed E-state index contributed by atoms with van der Waals surface area (Å²) >= 11 is 6.14. The molecular formula is C26H28ClN5O6S. The molecule has 1 saturated carbocycles. The van der Waals surface area contributed by atoms with Crippen LogP contribution in [0.25, 0.3) is 5.69 Å². The van der Waals surface area contributed by atoms with E-state index in [2.05, 4.69) is 5.10 Å². The lowest BCUT2D eigenvalue weighted by atomic mass is 10.2. The van der Waals surface area contributed by atoms with Crippen LogP contribution in [0.15, 0.2) is 58.4 Å². The number of non-ortho nitro benzene ring substituents is 1. The summed E-state index contributed by atoms with van der Waals surface area (Å²) in [5.41, 5.74) is 0.787. The molecule has 39 heavy (non-hydrogen) atoms. The number of aromatic nitrogens is 2. The monoisotopic (exact) mass is 573 g/mol. The van der Waals surface area contributed by atoms with Gasteiger partial charge in [-0.15, -0.1) is 0 Å². The quantitative estimate of drug-likeness (QED) is 0.307. The highest BCUT2D eigenvalue weighted by atomic mass is 35.5. The molecule has 0 unspecified atom stereocenters. The summed E-state index contributed by atoms with van der Waals surface area (Å²) in [5, 5.41) is 15.9. The van der Waals surface area contributed by atoms with E-state index >= 15 is 0 Å². The van der Waals surface area contributed by atoms with Crippen LogP contribution in [-0.2, 0) is 10.0 Å². The van der Waals surface area contributed by atoms with E-state index in [0.717, 1.165) is 25.7 Å². The molecule has 2 aromatic carbocycles. The third-order valence-corrected chi connectivity index (χ3v) is 9.41. The molecule has 2 aliphatic rings. The van der Waals surface area contributed by atoms with Gasteiger partial charge in [0.05, 0.1) is 27.8 Å². The van der Waals surface area contributed by atoms with Crippen molar-refractivity contribution in [1.29, 1.82) is 0 Å². The molecule has 0 bridgehead atoms. The molecule has 1 aliphatic heterocycles. The molecule has 1 aliphatic carbocycles. The van der Waals surface area contributed by atoms with Crippen molar-refractivity contribution in [3.63, 3.8) is 0 Å². The maximum Gasteiger partial charge on any atom is 0.316 e. The number of anilines is 1. The number of hydrogen-bond acceptors (Lipinski definition) is 8. The maximum atomic E-state index is 13.6. The predicted octanol–water partition coefficient (Wildman–Crippen LogP) is 3.93. The number of nitrogens with zero attached hydrogens (tertiary/aromatic N) is 5. The number of piperazine rings is 1. The van der Waals surface area contributed by atoms with Gasteiger partial charge >= 0.3 is 5.56 Å². The van der Waals surface area contributed by atoms with Gasteiger partial charge in [-0.2, -0.15) is 14.1 Å². The van der Waals surface area contributed by atoms with Crippen LogP contribution in [0.3, 0.4) is 0 Å². The van der Waals surface area contributed by atoms with Crippen LogP contribution < -0.4 is 15.2 Å². The number of benzene rings is 2. The highest BCUT2D eigenvalue weighted by Crippen LogP contribution is 2.31. The van der Waals surface area contributed by atoms with Gasteiger partial charge in [0.2, 0.25) is 15.8 Å². The molecule has 2 heterocycles. The van der Waals surface area contributed by atoms with Gasteiger partial charge in [0.15, 0.2) is 0 Å². The number of nitro benzene ring substituents is 1. The molecule has 0 amide bonds. The van der Waals surface area contributed by atoms with E-state index in [-0.39, 0.29) is 35.5 Å². The second-order valence-electron chi connectivity index (χ2n) is 9.68. The second kappa shape index (κ2) is 10.9. The van der Waals surface area contributed by atoms with Crippen molar-refractivity contribution in [3.05, 3.63) is 79.7 Å². The van der Waals surface area contributed by atoms with Gasteiger partial charge in [-0.05, 0) is 62.4 Å². The minimum atomic E-state index is -3.87. The summed E-state index contributed by atoms with van der Waals surface area (Å²) in [6.45, 7) is 2.50. The van der Waals surface area contributed by atoms with E-state index in [1.807, 2.05) is 4.90 Å². The van der Waals surface area contributed by atoms with E-state index in [1.54, 1.807) is 37.4 Å². The van der Waals surface area contributed by atoms with Crippen molar-refractivity contribution < 1.29 is 18.1 Å². The van der Waals surface area contributed by atoms with Crippen molar-refractivity contribution in [3.8, 4) is 11.4 Å². The van der Waals surface area contributed by atoms with E-state index in [9.17, 15) is 23.3 Å². The highest BCUT2D eigenvalue weighted by molar-refractivity contribution is 7.89. The Morgan fingerprint density at radius 3 is 2.44 bits per heavy atom. The van der Waals surface area contributed by atoms with Crippen LogP contribution in [0, 0.1) is 17.0 Å². The van der Waals surface area contributed by atoms with Crippen molar-refractivity contribution >= 4 is 33.0 Å². The van der Waals surface area contributed by atoms with E-state index in [0.29, 0.717) is 35.1 Å². The largest absolute Gasteiger partial charge is 0.483 e. The number of ether oxygens (including phenoxy) is 1. The Balaban J connectivity index is 1.41. The maximum absolute atomic E-state index is 13.6. The molecule has 1 aromatic heterocycles. The Kier molecular flexibility index (Phi) is 7.61. The fourth-order valence-electron chi connectivity index (χ4n) is 5.07. The highest BCUT2D eigenvalue weighted by Gasteiger charge is 2.32. The Morgan fingerprint density at radius 2 is 1.79 bits per heavy atom. The van der Waals surface area contributed by atoms with E-state index < -0.39 is 20.5 Å². The van der Waals surface area contributed by atoms with Gasteiger partial charge < -0.3 is 9.64 Å². The van der Waals surface area contributed by atoms with Crippen LogP contribution >= 0.6 is 11.6 Å². The first kappa shape index (κ1) is 27.1. The zero-order chi connectivity index (χ0) is 27.7. The van der Waals surface area contributed by atoms with Crippen LogP contribution in [0.2, 0.25) is 5.02 Å². The Hall–Kier alpha value is -3.48. The van der Waals surface area contributed by atoms with Crippen LogP contribution in [0.5, 0.6) is 5.75 Å². The first-order valence-corrected chi connectivity index (χ1v) is 14.5. The Morgan fingerprint density at radius 1 is 1.08 bits per heavy atom. The standard InChI is InChI=1S/C26H28ClN5O6S/c1-18-15-21(32(34)35)9-10-24(18)39(36,37)30-13-11-29(12-14-30)23-17-28-31(20-6-4-5-19(27)16-20)26(33)25(23)38-22-7-2-3-8-22/h4-6,9-10,15-17,22H,2-3,7-8,11-14H2,1H3. The predicted molar refractivity (Wildman–Crippen MR) is 147 cm³/mol. The molecular weight excluding hydrogens is 546 g/mol. The minimum Gasteiger partial charge on any atom is -0.483 e. The molecule has 1 saturated heterocycles. The zero-order valence-corrected chi connectivity index (χ0v) is 22.9. The number of hydrogen-bond donors (Lipinski definition) is 0. The zero-order valence-electron chi connectivity index (χ0n) is 21.3. The summed E-state index contributed by atoms with van der Waals surface area (Å²) < 4.78 is 35.6. The van der Waals surface area contributed by atoms with Gasteiger partial charge in [0.25, 0.3) is 5.69 Å². The number of aryl methyl sites for hydroxylation is 1. The normalized spacial score (nSPS) is 16.9. The van der Waals surface area contributed by atoms with E-state index in [4.69, 9.17) is 16.3 Å². The molecule has 0 spiro atoms. The number of rotatable bonds is 7. The fraction of sp³-hybridized carbons (Fsp3) is 0.385. The van der Waals surface area contributed by atoms with Crippen LogP contribution in [0.1, 0.15) is 31.2 Å². The molecule has 0 atom stereocenters. The molecule has 2 fully saturated rings. The van der Waals surface area contributed by atoms with Crippen molar-refractivity contribution in [1.82, 2.24) is 14.1 Å². The number of halogens is 1. The van der Waals surface area contributed by atoms with E-state index in [1.165, 1.54) is 27.2 Å². The molecule has 3 aromatic rings. The average Bonchev–Trinajstić information content (AvgIpc) is 3.43. The lowest BCUT2D eigenvalue weighted by molar-refractivity contribution is -0.385. The second-order valence-corrected chi connectivity index (χ2v) is 12.0. The Labute approximate surface area is 230 Å². The molecule has 0 radical (unpaired) electrons. The van der Waals surface area contributed by atoms with Crippen molar-refractivity contribution in [2.24, 2.45) is 0 Å². The number of sulfonamides is 1. The van der Waals surface area contributed by atoms with Gasteiger partial charge in [-0.25, -0.2) is 8.42 Å². The summed E-state index contributed by atoms with van der Waals surface area (Å²) in [5.74, 6) is 0.194. The number of nitro groups is 1. The molecule has 5 rings (SSSR count). The van der Waals surface area contributed by atoms with Crippen LogP contribution in [0.4, 0.5) is 11.4 Å². The smallest absolute Gasteiger partial charge is 0.316 e. The van der Waals surface area contributed by atoms with Gasteiger partial charge in [0.1, 0.15) is 5.69 Å². The molecule has 13 heteroatoms. The third-order valence-electron chi connectivity index (χ3n) is 7.12. The average molecular weight is 574 g/mol. The molecule has 11 nitrogen and oxygen atoms in total. The van der Waals surface area contributed by atoms with Gasteiger partial charge in [0, 0.05) is 43.3 Å².